The number of para-hydroxylation sites is 1. The fourth-order valence-corrected chi connectivity index (χ4v) is 2.21. The normalized spacial score (nSPS) is 12.0. The highest BCUT2D eigenvalue weighted by Crippen LogP contribution is 2.17. The molecular formula is C16H18FN3O3. The second kappa shape index (κ2) is 7.04. The molecule has 1 aromatic carbocycles. The number of amides is 1. The molecule has 1 heterocycles. The highest BCUT2D eigenvalue weighted by atomic mass is 19.1. The Balaban J connectivity index is 2.14. The maximum atomic E-state index is 13.8. The van der Waals surface area contributed by atoms with Gasteiger partial charge in [0, 0.05) is 12.5 Å². The lowest BCUT2D eigenvalue weighted by Gasteiger charge is -2.12. The molecule has 2 N–H and O–H groups in total. The van der Waals surface area contributed by atoms with Gasteiger partial charge in [-0.25, -0.2) is 9.07 Å². The maximum absolute atomic E-state index is 13.8. The van der Waals surface area contributed by atoms with E-state index in [4.69, 9.17) is 5.11 Å². The van der Waals surface area contributed by atoms with Crippen molar-refractivity contribution in [2.45, 2.75) is 32.7 Å². The van der Waals surface area contributed by atoms with Crippen LogP contribution in [0.5, 0.6) is 0 Å². The van der Waals surface area contributed by atoms with Gasteiger partial charge in [-0.2, -0.15) is 5.10 Å². The van der Waals surface area contributed by atoms with E-state index in [1.807, 2.05) is 0 Å². The Morgan fingerprint density at radius 1 is 1.39 bits per heavy atom. The molecule has 0 saturated carbocycles. The zero-order valence-corrected chi connectivity index (χ0v) is 12.9. The Labute approximate surface area is 132 Å². The van der Waals surface area contributed by atoms with Crippen LogP contribution in [-0.2, 0) is 4.79 Å². The standard InChI is InChI=1S/C16H18FN3O3/c1-10(7-8-15(21)22)19-16(23)12-9-18-20(11(12)2)14-6-4-3-5-13(14)17/h3-6,9-10H,7-8H2,1-2H3,(H,19,23)(H,21,22). The first-order valence-electron chi connectivity index (χ1n) is 7.22. The van der Waals surface area contributed by atoms with Crippen LogP contribution >= 0.6 is 0 Å². The topological polar surface area (TPSA) is 84.2 Å². The lowest BCUT2D eigenvalue weighted by Crippen LogP contribution is -2.33. The molecule has 6 nitrogen and oxygen atoms in total. The minimum Gasteiger partial charge on any atom is -0.481 e. The average Bonchev–Trinajstić information content (AvgIpc) is 2.87. The van der Waals surface area contributed by atoms with Gasteiger partial charge in [-0.3, -0.25) is 9.59 Å². The van der Waals surface area contributed by atoms with Crippen LogP contribution in [0, 0.1) is 12.7 Å². The highest BCUT2D eigenvalue weighted by Gasteiger charge is 2.18. The van der Waals surface area contributed by atoms with Gasteiger partial charge in [-0.05, 0) is 32.4 Å². The number of nitrogens with one attached hydrogen (secondary N) is 1. The van der Waals surface area contributed by atoms with Crippen LogP contribution in [0.15, 0.2) is 30.5 Å². The highest BCUT2D eigenvalue weighted by molar-refractivity contribution is 5.95. The number of aromatic nitrogens is 2. The molecule has 0 radical (unpaired) electrons. The summed E-state index contributed by atoms with van der Waals surface area (Å²) in [5.41, 5.74) is 1.11. The van der Waals surface area contributed by atoms with Crippen LogP contribution in [0.25, 0.3) is 5.69 Å². The van der Waals surface area contributed by atoms with Crippen LogP contribution in [0.2, 0.25) is 0 Å². The van der Waals surface area contributed by atoms with E-state index in [1.54, 1.807) is 32.0 Å². The first-order chi connectivity index (χ1) is 10.9. The quantitative estimate of drug-likeness (QED) is 0.855. The van der Waals surface area contributed by atoms with E-state index in [1.165, 1.54) is 16.9 Å². The molecule has 23 heavy (non-hydrogen) atoms. The smallest absolute Gasteiger partial charge is 0.303 e. The Hall–Kier alpha value is -2.70. The first-order valence-corrected chi connectivity index (χ1v) is 7.22. The number of benzene rings is 1. The fourth-order valence-electron chi connectivity index (χ4n) is 2.21. The number of rotatable bonds is 6. The number of halogens is 1. The van der Waals surface area contributed by atoms with E-state index in [0.29, 0.717) is 17.7 Å². The molecule has 0 aliphatic carbocycles. The third kappa shape index (κ3) is 3.94. The number of carboxylic acids is 1. The molecule has 122 valence electrons. The van der Waals surface area contributed by atoms with E-state index in [9.17, 15) is 14.0 Å². The number of carbonyl (C=O) groups is 2. The largest absolute Gasteiger partial charge is 0.481 e. The van der Waals surface area contributed by atoms with Gasteiger partial charge in [-0.15, -0.1) is 0 Å². The number of hydrogen-bond donors (Lipinski definition) is 2. The van der Waals surface area contributed by atoms with Crippen molar-refractivity contribution >= 4 is 11.9 Å². The summed E-state index contributed by atoms with van der Waals surface area (Å²) < 4.78 is 15.2. The molecule has 0 saturated heterocycles. The first kappa shape index (κ1) is 16.7. The minimum atomic E-state index is -0.908. The molecule has 0 aliphatic heterocycles. The Kier molecular flexibility index (Phi) is 5.10. The molecule has 2 aromatic rings. The second-order valence-electron chi connectivity index (χ2n) is 5.31. The molecule has 0 spiro atoms. The van der Waals surface area contributed by atoms with Gasteiger partial charge < -0.3 is 10.4 Å². The summed E-state index contributed by atoms with van der Waals surface area (Å²) in [6, 6.07) is 5.88. The van der Waals surface area contributed by atoms with E-state index in [0.717, 1.165) is 0 Å². The number of hydrogen-bond acceptors (Lipinski definition) is 3. The maximum Gasteiger partial charge on any atom is 0.303 e. The molecular weight excluding hydrogens is 301 g/mol. The third-order valence-electron chi connectivity index (χ3n) is 3.50. The zero-order chi connectivity index (χ0) is 17.0. The van der Waals surface area contributed by atoms with E-state index < -0.39 is 11.8 Å². The molecule has 1 amide bonds. The van der Waals surface area contributed by atoms with Crippen molar-refractivity contribution in [2.24, 2.45) is 0 Å². The molecule has 0 bridgehead atoms. The summed E-state index contributed by atoms with van der Waals surface area (Å²) in [6.07, 6.45) is 1.69. The van der Waals surface area contributed by atoms with Crippen molar-refractivity contribution in [3.05, 3.63) is 47.5 Å². The van der Waals surface area contributed by atoms with Crippen LogP contribution in [-0.4, -0.2) is 32.8 Å². The van der Waals surface area contributed by atoms with Crippen molar-refractivity contribution in [1.82, 2.24) is 15.1 Å². The van der Waals surface area contributed by atoms with Crippen molar-refractivity contribution < 1.29 is 19.1 Å². The summed E-state index contributed by atoms with van der Waals surface area (Å²) in [4.78, 5) is 22.8. The van der Waals surface area contributed by atoms with Crippen molar-refractivity contribution in [1.29, 1.82) is 0 Å². The molecule has 2 rings (SSSR count). The molecule has 0 fully saturated rings. The van der Waals surface area contributed by atoms with E-state index in [2.05, 4.69) is 10.4 Å². The number of carboxylic acid groups (broad SMARTS) is 1. The van der Waals surface area contributed by atoms with Gasteiger partial charge in [-0.1, -0.05) is 12.1 Å². The summed E-state index contributed by atoms with van der Waals surface area (Å²) in [6.45, 7) is 3.41. The van der Waals surface area contributed by atoms with Crippen molar-refractivity contribution in [3.8, 4) is 5.69 Å². The monoisotopic (exact) mass is 319 g/mol. The summed E-state index contributed by atoms with van der Waals surface area (Å²) in [5.74, 6) is -1.70. The molecule has 1 atom stereocenters. The minimum absolute atomic E-state index is 0.0189. The van der Waals surface area contributed by atoms with Crippen LogP contribution in [0.3, 0.4) is 0 Å². The molecule has 7 heteroatoms. The summed E-state index contributed by atoms with van der Waals surface area (Å²) in [5, 5.41) is 15.4. The van der Waals surface area contributed by atoms with Gasteiger partial charge in [0.1, 0.15) is 11.5 Å². The molecule has 1 aromatic heterocycles. The summed E-state index contributed by atoms with van der Waals surface area (Å²) >= 11 is 0. The predicted molar refractivity (Wildman–Crippen MR) is 82.1 cm³/mol. The van der Waals surface area contributed by atoms with Crippen molar-refractivity contribution in [2.75, 3.05) is 0 Å². The van der Waals surface area contributed by atoms with Gasteiger partial charge in [0.25, 0.3) is 5.91 Å². The Morgan fingerprint density at radius 2 is 2.09 bits per heavy atom. The third-order valence-corrected chi connectivity index (χ3v) is 3.50. The predicted octanol–water partition coefficient (Wildman–Crippen LogP) is 2.30. The fraction of sp³-hybridized carbons (Fsp3) is 0.312. The van der Waals surface area contributed by atoms with E-state index in [-0.39, 0.29) is 24.1 Å². The van der Waals surface area contributed by atoms with Gasteiger partial charge in [0.05, 0.1) is 17.5 Å². The number of aliphatic carboxylic acids is 1. The van der Waals surface area contributed by atoms with Gasteiger partial charge in [0.2, 0.25) is 0 Å². The molecule has 0 aliphatic rings. The summed E-state index contributed by atoms with van der Waals surface area (Å²) in [7, 11) is 0. The van der Waals surface area contributed by atoms with Crippen molar-refractivity contribution in [3.63, 3.8) is 0 Å². The lowest BCUT2D eigenvalue weighted by molar-refractivity contribution is -0.137. The second-order valence-corrected chi connectivity index (χ2v) is 5.31. The number of carbonyl (C=O) groups excluding carboxylic acids is 1. The SMILES string of the molecule is Cc1c(C(=O)NC(C)CCC(=O)O)cnn1-c1ccccc1F. The van der Waals surface area contributed by atoms with Crippen LogP contribution in [0.1, 0.15) is 35.8 Å². The van der Waals surface area contributed by atoms with Crippen LogP contribution < -0.4 is 5.32 Å². The van der Waals surface area contributed by atoms with Gasteiger partial charge in [0.15, 0.2) is 0 Å². The average molecular weight is 319 g/mol. The number of nitrogens with zero attached hydrogens (tertiary/aromatic N) is 2. The lowest BCUT2D eigenvalue weighted by atomic mass is 10.1. The van der Waals surface area contributed by atoms with Crippen LogP contribution in [0.4, 0.5) is 4.39 Å². The Morgan fingerprint density at radius 3 is 2.74 bits per heavy atom. The van der Waals surface area contributed by atoms with Gasteiger partial charge >= 0.3 is 5.97 Å². The van der Waals surface area contributed by atoms with E-state index >= 15 is 0 Å². The Bertz CT molecular complexity index is 727. The zero-order valence-electron chi connectivity index (χ0n) is 12.9. The molecule has 1 unspecified atom stereocenters.